The fraction of sp³-hybridized carbons (Fsp3) is 0.200. The van der Waals surface area contributed by atoms with Crippen LogP contribution in [-0.4, -0.2) is 17.9 Å². The Morgan fingerprint density at radius 2 is 2.00 bits per heavy atom. The van der Waals surface area contributed by atoms with Gasteiger partial charge in [0, 0.05) is 4.47 Å². The molecule has 0 saturated carbocycles. The van der Waals surface area contributed by atoms with Crippen LogP contribution in [0.3, 0.4) is 0 Å². The number of amides is 2. The lowest BCUT2D eigenvalue weighted by Gasteiger charge is -2.10. The number of nitrogens with one attached hydrogen (secondary N) is 1. The predicted molar refractivity (Wildman–Crippen MR) is 60.3 cm³/mol. The van der Waals surface area contributed by atoms with E-state index in [9.17, 15) is 9.59 Å². The zero-order chi connectivity index (χ0) is 11.4. The Balaban J connectivity index is 2.78. The van der Waals surface area contributed by atoms with Gasteiger partial charge in [0.15, 0.2) is 0 Å². The normalized spacial score (nSPS) is 11.9. The molecular formula is C10H11BrN2O2. The number of primary amides is 1. The first-order valence-electron chi connectivity index (χ1n) is 4.37. The van der Waals surface area contributed by atoms with Gasteiger partial charge in [-0.25, -0.2) is 0 Å². The molecule has 1 aromatic rings. The lowest BCUT2D eigenvalue weighted by molar-refractivity contribution is -0.119. The molecule has 0 heterocycles. The number of benzene rings is 1. The monoisotopic (exact) mass is 270 g/mol. The van der Waals surface area contributed by atoms with Gasteiger partial charge in [-0.1, -0.05) is 12.1 Å². The average Bonchev–Trinajstić information content (AvgIpc) is 2.18. The molecule has 0 radical (unpaired) electrons. The Hall–Kier alpha value is -1.36. The van der Waals surface area contributed by atoms with Crippen molar-refractivity contribution in [3.63, 3.8) is 0 Å². The highest BCUT2D eigenvalue weighted by molar-refractivity contribution is 9.10. The standard InChI is InChI=1S/C10H11BrN2O2/c1-6(9(12)14)13-10(15)7-4-2-3-5-8(7)11/h2-6H,1H3,(H2,12,14)(H,13,15). The number of carbonyl (C=O) groups excluding carboxylic acids is 2. The molecule has 0 aliphatic rings. The molecule has 0 saturated heterocycles. The third kappa shape index (κ3) is 3.06. The lowest BCUT2D eigenvalue weighted by atomic mass is 10.2. The summed E-state index contributed by atoms with van der Waals surface area (Å²) >= 11 is 3.25. The maximum Gasteiger partial charge on any atom is 0.253 e. The second-order valence-electron chi connectivity index (χ2n) is 3.08. The summed E-state index contributed by atoms with van der Waals surface area (Å²) in [5, 5.41) is 2.49. The molecule has 4 nitrogen and oxygen atoms in total. The minimum Gasteiger partial charge on any atom is -0.368 e. The highest BCUT2D eigenvalue weighted by Crippen LogP contribution is 2.15. The number of halogens is 1. The van der Waals surface area contributed by atoms with Crippen LogP contribution in [-0.2, 0) is 4.79 Å². The molecule has 0 aliphatic heterocycles. The van der Waals surface area contributed by atoms with Gasteiger partial charge < -0.3 is 11.1 Å². The second kappa shape index (κ2) is 4.93. The van der Waals surface area contributed by atoms with E-state index in [0.29, 0.717) is 10.0 Å². The van der Waals surface area contributed by atoms with Crippen LogP contribution in [0.4, 0.5) is 0 Å². The van der Waals surface area contributed by atoms with E-state index < -0.39 is 11.9 Å². The van der Waals surface area contributed by atoms with Gasteiger partial charge in [0.2, 0.25) is 5.91 Å². The summed E-state index contributed by atoms with van der Waals surface area (Å²) in [6.45, 7) is 1.54. The Morgan fingerprint density at radius 1 is 1.40 bits per heavy atom. The summed E-state index contributed by atoms with van der Waals surface area (Å²) in [6, 6.07) is 6.29. The van der Waals surface area contributed by atoms with E-state index >= 15 is 0 Å². The van der Waals surface area contributed by atoms with Crippen LogP contribution < -0.4 is 11.1 Å². The first kappa shape index (κ1) is 11.7. The Kier molecular flexibility index (Phi) is 3.85. The Labute approximate surface area is 96.0 Å². The lowest BCUT2D eigenvalue weighted by Crippen LogP contribution is -2.42. The molecule has 5 heteroatoms. The van der Waals surface area contributed by atoms with Crippen LogP contribution in [0.15, 0.2) is 28.7 Å². The number of rotatable bonds is 3. The van der Waals surface area contributed by atoms with Gasteiger partial charge in [0.05, 0.1) is 5.56 Å². The van der Waals surface area contributed by atoms with Crippen LogP contribution in [0.25, 0.3) is 0 Å². The maximum absolute atomic E-state index is 11.6. The third-order valence-corrected chi connectivity index (χ3v) is 2.58. The summed E-state index contributed by atoms with van der Waals surface area (Å²) in [7, 11) is 0. The van der Waals surface area contributed by atoms with E-state index in [0.717, 1.165) is 0 Å². The van der Waals surface area contributed by atoms with Crippen molar-refractivity contribution in [1.29, 1.82) is 0 Å². The van der Waals surface area contributed by atoms with Crippen LogP contribution in [0.5, 0.6) is 0 Å². The van der Waals surface area contributed by atoms with Gasteiger partial charge in [-0.15, -0.1) is 0 Å². The van der Waals surface area contributed by atoms with Crippen LogP contribution in [0.1, 0.15) is 17.3 Å². The highest BCUT2D eigenvalue weighted by Gasteiger charge is 2.14. The SMILES string of the molecule is CC(NC(=O)c1ccccc1Br)C(N)=O. The van der Waals surface area contributed by atoms with Gasteiger partial charge >= 0.3 is 0 Å². The molecule has 1 atom stereocenters. The summed E-state index contributed by atoms with van der Waals surface area (Å²) in [4.78, 5) is 22.4. The number of nitrogens with two attached hydrogens (primary N) is 1. The number of hydrogen-bond donors (Lipinski definition) is 2. The Morgan fingerprint density at radius 3 is 2.53 bits per heavy atom. The van der Waals surface area contributed by atoms with Crippen LogP contribution in [0, 0.1) is 0 Å². The quantitative estimate of drug-likeness (QED) is 0.862. The van der Waals surface area contributed by atoms with Gasteiger partial charge in [-0.3, -0.25) is 9.59 Å². The summed E-state index contributed by atoms with van der Waals surface area (Å²) < 4.78 is 0.680. The van der Waals surface area contributed by atoms with E-state index in [-0.39, 0.29) is 5.91 Å². The van der Waals surface area contributed by atoms with Crippen molar-refractivity contribution < 1.29 is 9.59 Å². The molecule has 0 fully saturated rings. The zero-order valence-electron chi connectivity index (χ0n) is 8.16. The number of hydrogen-bond acceptors (Lipinski definition) is 2. The van der Waals surface area contributed by atoms with E-state index in [1.807, 2.05) is 0 Å². The van der Waals surface area contributed by atoms with Crippen molar-refractivity contribution in [1.82, 2.24) is 5.32 Å². The number of carbonyl (C=O) groups is 2. The molecule has 0 aromatic heterocycles. The van der Waals surface area contributed by atoms with Crippen molar-refractivity contribution in [2.45, 2.75) is 13.0 Å². The smallest absolute Gasteiger partial charge is 0.253 e. The fourth-order valence-corrected chi connectivity index (χ4v) is 1.46. The second-order valence-corrected chi connectivity index (χ2v) is 3.93. The fourth-order valence-electron chi connectivity index (χ4n) is 0.991. The van der Waals surface area contributed by atoms with Gasteiger partial charge in [-0.05, 0) is 35.0 Å². The zero-order valence-corrected chi connectivity index (χ0v) is 9.74. The first-order valence-corrected chi connectivity index (χ1v) is 5.16. The third-order valence-electron chi connectivity index (χ3n) is 1.89. The Bertz CT molecular complexity index is 393. The summed E-state index contributed by atoms with van der Waals surface area (Å²) in [6.07, 6.45) is 0. The minimum atomic E-state index is -0.676. The van der Waals surface area contributed by atoms with Crippen LogP contribution in [0.2, 0.25) is 0 Å². The van der Waals surface area contributed by atoms with Crippen molar-refractivity contribution in [2.24, 2.45) is 5.73 Å². The van der Waals surface area contributed by atoms with Crippen molar-refractivity contribution in [3.05, 3.63) is 34.3 Å². The van der Waals surface area contributed by atoms with Crippen molar-refractivity contribution in [2.75, 3.05) is 0 Å². The largest absolute Gasteiger partial charge is 0.368 e. The van der Waals surface area contributed by atoms with E-state index in [2.05, 4.69) is 21.2 Å². The molecule has 80 valence electrons. The molecule has 1 unspecified atom stereocenters. The molecule has 3 N–H and O–H groups in total. The minimum absolute atomic E-state index is 0.325. The van der Waals surface area contributed by atoms with E-state index in [1.54, 1.807) is 24.3 Å². The molecule has 1 aromatic carbocycles. The van der Waals surface area contributed by atoms with Crippen molar-refractivity contribution in [3.8, 4) is 0 Å². The van der Waals surface area contributed by atoms with Gasteiger partial charge in [0.25, 0.3) is 5.91 Å². The maximum atomic E-state index is 11.6. The van der Waals surface area contributed by atoms with Gasteiger partial charge in [-0.2, -0.15) is 0 Å². The molecule has 2 amide bonds. The molecule has 0 spiro atoms. The first-order chi connectivity index (χ1) is 7.02. The summed E-state index contributed by atoms with van der Waals surface area (Å²) in [5.41, 5.74) is 5.51. The topological polar surface area (TPSA) is 72.2 Å². The van der Waals surface area contributed by atoms with E-state index in [1.165, 1.54) is 6.92 Å². The predicted octanol–water partition coefficient (Wildman–Crippen LogP) is 1.05. The molecular weight excluding hydrogens is 260 g/mol. The molecule has 0 aliphatic carbocycles. The van der Waals surface area contributed by atoms with E-state index in [4.69, 9.17) is 5.73 Å². The van der Waals surface area contributed by atoms with Gasteiger partial charge in [0.1, 0.15) is 6.04 Å². The molecule has 15 heavy (non-hydrogen) atoms. The molecule has 0 bridgehead atoms. The highest BCUT2D eigenvalue weighted by atomic mass is 79.9. The summed E-state index contributed by atoms with van der Waals surface area (Å²) in [5.74, 6) is -0.885. The van der Waals surface area contributed by atoms with Crippen molar-refractivity contribution >= 4 is 27.7 Å². The molecule has 1 rings (SSSR count). The average molecular weight is 271 g/mol. The van der Waals surface area contributed by atoms with Crippen LogP contribution >= 0.6 is 15.9 Å².